The number of benzene rings is 1. The number of halogens is 1. The molecular weight excluding hydrogens is 565 g/mol. The molecule has 0 spiro atoms. The van der Waals surface area contributed by atoms with E-state index in [1.807, 2.05) is 59.2 Å². The highest BCUT2D eigenvalue weighted by Gasteiger charge is 2.29. The zero-order chi connectivity index (χ0) is 31.8. The molecule has 44 heavy (non-hydrogen) atoms. The number of hydrogen-bond acceptors (Lipinski definition) is 8. The van der Waals surface area contributed by atoms with Crippen LogP contribution in [0.25, 0.3) is 6.08 Å². The van der Waals surface area contributed by atoms with Crippen LogP contribution in [0.1, 0.15) is 58.4 Å². The molecule has 0 bridgehead atoms. The van der Waals surface area contributed by atoms with Crippen molar-refractivity contribution < 1.29 is 33.3 Å². The Bertz CT molecular complexity index is 1180. The van der Waals surface area contributed by atoms with Crippen LogP contribution < -0.4 is 4.90 Å². The number of amides is 1. The summed E-state index contributed by atoms with van der Waals surface area (Å²) in [5.74, 6) is -1.16. The molecule has 244 valence electrons. The summed E-state index contributed by atoms with van der Waals surface area (Å²) in [6.45, 7) is 10.0. The lowest BCUT2D eigenvalue weighted by molar-refractivity contribution is -0.151. The van der Waals surface area contributed by atoms with E-state index in [2.05, 4.69) is 9.80 Å². The van der Waals surface area contributed by atoms with Gasteiger partial charge >= 0.3 is 12.1 Å². The number of rotatable bonds is 5. The number of esters is 1. The fourth-order valence-corrected chi connectivity index (χ4v) is 6.14. The lowest BCUT2D eigenvalue weighted by Crippen LogP contribution is -2.48. The molecule has 2 saturated heterocycles. The predicted molar refractivity (Wildman–Crippen MR) is 169 cm³/mol. The van der Waals surface area contributed by atoms with E-state index in [9.17, 15) is 19.1 Å². The number of nitrogens with zero attached hydrogens (tertiary/aromatic N) is 3. The molecule has 0 saturated carbocycles. The summed E-state index contributed by atoms with van der Waals surface area (Å²) in [5.41, 5.74) is 2.19. The molecule has 9 nitrogen and oxygen atoms in total. The van der Waals surface area contributed by atoms with Gasteiger partial charge in [-0.1, -0.05) is 26.0 Å². The van der Waals surface area contributed by atoms with Gasteiger partial charge in [0, 0.05) is 64.1 Å². The van der Waals surface area contributed by atoms with E-state index < -0.39 is 24.3 Å². The Labute approximate surface area is 261 Å². The van der Waals surface area contributed by atoms with Crippen molar-refractivity contribution >= 4 is 23.8 Å². The summed E-state index contributed by atoms with van der Waals surface area (Å²) in [4.78, 5) is 32.0. The Morgan fingerprint density at radius 1 is 1.07 bits per heavy atom. The van der Waals surface area contributed by atoms with E-state index in [-0.39, 0.29) is 36.2 Å². The van der Waals surface area contributed by atoms with Gasteiger partial charge in [0.15, 0.2) is 0 Å². The van der Waals surface area contributed by atoms with Crippen molar-refractivity contribution in [2.24, 2.45) is 11.8 Å². The monoisotopic (exact) mass is 615 g/mol. The molecule has 4 rings (SSSR count). The van der Waals surface area contributed by atoms with E-state index in [4.69, 9.17) is 14.2 Å². The van der Waals surface area contributed by atoms with E-state index in [1.54, 1.807) is 4.90 Å². The highest BCUT2D eigenvalue weighted by molar-refractivity contribution is 5.71. The topological polar surface area (TPSA) is 91.8 Å². The van der Waals surface area contributed by atoms with Gasteiger partial charge in [0.05, 0.1) is 12.5 Å². The van der Waals surface area contributed by atoms with Gasteiger partial charge in [0.2, 0.25) is 0 Å². The fraction of sp³-hybridized carbons (Fsp3) is 0.647. The summed E-state index contributed by atoms with van der Waals surface area (Å²) in [6.07, 6.45) is 5.91. The highest BCUT2D eigenvalue weighted by Crippen LogP contribution is 2.28. The maximum atomic E-state index is 14.8. The largest absolute Gasteiger partial charge is 0.457 e. The molecule has 1 aromatic carbocycles. The van der Waals surface area contributed by atoms with Gasteiger partial charge in [-0.25, -0.2) is 9.18 Å². The number of carbonyl (C=O) groups is 2. The molecule has 0 aliphatic carbocycles. The standard InChI is InChI=1S/C34H50FN3O6/c1-23-6-8-30(39)22-32(40)44-33(24(2)7-9-31(23)43-34(41)38-14-12-36(4)13-15-38)25(3)18-26-19-27(35)21-29(20-26)37(5)28-10-16-42-17-11-28/h7,9,18-21,23-24,28,30-31,33,39H,6,8,10-17,22H2,1-5H3/b9-7+,25-18+/t23-,24-,30+,31-,33-/m0/s1. The second-order valence-electron chi connectivity index (χ2n) is 12.8. The minimum atomic E-state index is -0.867. The first-order valence-corrected chi connectivity index (χ1v) is 16.0. The van der Waals surface area contributed by atoms with Gasteiger partial charge in [-0.05, 0) is 81.0 Å². The highest BCUT2D eigenvalue weighted by atomic mass is 19.1. The first-order valence-electron chi connectivity index (χ1n) is 16.0. The summed E-state index contributed by atoms with van der Waals surface area (Å²) in [6, 6.07) is 5.23. The van der Waals surface area contributed by atoms with Crippen molar-refractivity contribution in [3.63, 3.8) is 0 Å². The van der Waals surface area contributed by atoms with Crippen LogP contribution >= 0.6 is 0 Å². The summed E-state index contributed by atoms with van der Waals surface area (Å²) in [5, 5.41) is 10.6. The number of carbonyl (C=O) groups excluding carboxylic acids is 2. The minimum Gasteiger partial charge on any atom is -0.457 e. The number of aliphatic hydroxyl groups is 1. The molecule has 0 aromatic heterocycles. The van der Waals surface area contributed by atoms with Crippen LogP contribution in [0.2, 0.25) is 0 Å². The molecule has 5 atom stereocenters. The second-order valence-corrected chi connectivity index (χ2v) is 12.8. The zero-order valence-electron chi connectivity index (χ0n) is 26.9. The van der Waals surface area contributed by atoms with Crippen molar-refractivity contribution in [3.8, 4) is 0 Å². The number of aliphatic hydroxyl groups excluding tert-OH is 1. The molecule has 1 amide bonds. The Hall–Kier alpha value is -2.95. The van der Waals surface area contributed by atoms with Crippen LogP contribution in [0, 0.1) is 17.7 Å². The summed E-state index contributed by atoms with van der Waals surface area (Å²) < 4.78 is 32.2. The Kier molecular flexibility index (Phi) is 12.2. The first kappa shape index (κ1) is 33.9. The Morgan fingerprint density at radius 3 is 2.48 bits per heavy atom. The smallest absolute Gasteiger partial charge is 0.410 e. The van der Waals surface area contributed by atoms with Crippen molar-refractivity contribution in [1.82, 2.24) is 9.80 Å². The van der Waals surface area contributed by atoms with Gasteiger partial charge in [0.1, 0.15) is 18.0 Å². The van der Waals surface area contributed by atoms with Gasteiger partial charge in [0.25, 0.3) is 0 Å². The number of piperazine rings is 1. The molecule has 3 aliphatic rings. The average Bonchev–Trinajstić information content (AvgIpc) is 3.00. The fourth-order valence-electron chi connectivity index (χ4n) is 6.14. The molecule has 1 N–H and O–H groups in total. The van der Waals surface area contributed by atoms with Gasteiger partial charge in [-0.15, -0.1) is 0 Å². The van der Waals surface area contributed by atoms with Crippen molar-refractivity contribution in [2.75, 3.05) is 58.4 Å². The van der Waals surface area contributed by atoms with E-state index >= 15 is 0 Å². The average molecular weight is 616 g/mol. The van der Waals surface area contributed by atoms with Crippen molar-refractivity contribution in [3.05, 3.63) is 47.3 Å². The molecule has 3 aliphatic heterocycles. The molecule has 2 fully saturated rings. The lowest BCUT2D eigenvalue weighted by atomic mass is 9.91. The van der Waals surface area contributed by atoms with E-state index in [0.29, 0.717) is 44.7 Å². The number of anilines is 1. The van der Waals surface area contributed by atoms with Gasteiger partial charge < -0.3 is 34.0 Å². The Morgan fingerprint density at radius 2 is 1.77 bits per heavy atom. The van der Waals surface area contributed by atoms with Gasteiger partial charge in [-0.2, -0.15) is 0 Å². The van der Waals surface area contributed by atoms with Crippen molar-refractivity contribution in [2.45, 2.75) is 77.2 Å². The van der Waals surface area contributed by atoms with Crippen LogP contribution in [0.15, 0.2) is 35.9 Å². The number of likely N-dealkylation sites (N-methyl/N-ethyl adjacent to an activating group) is 1. The normalized spacial score (nSPS) is 29.2. The number of hydrogen-bond donors (Lipinski definition) is 1. The third-order valence-corrected chi connectivity index (χ3v) is 9.15. The van der Waals surface area contributed by atoms with Gasteiger partial charge in [-0.3, -0.25) is 4.79 Å². The Balaban J connectivity index is 1.56. The van der Waals surface area contributed by atoms with Crippen LogP contribution in [-0.2, 0) is 19.0 Å². The predicted octanol–water partition coefficient (Wildman–Crippen LogP) is 4.88. The van der Waals surface area contributed by atoms with Crippen LogP contribution in [0.4, 0.5) is 14.9 Å². The third kappa shape index (κ3) is 9.52. The number of ether oxygens (including phenoxy) is 3. The van der Waals surface area contributed by atoms with E-state index in [0.717, 1.165) is 37.2 Å². The molecule has 0 unspecified atom stereocenters. The maximum Gasteiger partial charge on any atom is 0.410 e. The van der Waals surface area contributed by atoms with Crippen LogP contribution in [0.3, 0.4) is 0 Å². The SMILES string of the molecule is C/C(=C\c1cc(F)cc(N(C)C2CCOCC2)c1)[C@H]1OC(=O)C[C@H](O)CC[C@H](C)[C@@H](OC(=O)N2CCN(C)CC2)/C=C/[C@@H]1C. The quantitative estimate of drug-likeness (QED) is 0.370. The molecule has 3 heterocycles. The molecular formula is C34H50FN3O6. The third-order valence-electron chi connectivity index (χ3n) is 9.15. The first-order chi connectivity index (χ1) is 21.0. The summed E-state index contributed by atoms with van der Waals surface area (Å²) in [7, 11) is 4.01. The van der Waals surface area contributed by atoms with Crippen LogP contribution in [0.5, 0.6) is 0 Å². The molecule has 10 heteroatoms. The summed E-state index contributed by atoms with van der Waals surface area (Å²) >= 11 is 0. The maximum absolute atomic E-state index is 14.8. The second kappa shape index (κ2) is 15.9. The molecule has 1 aromatic rings. The minimum absolute atomic E-state index is 0.0616. The van der Waals surface area contributed by atoms with Crippen molar-refractivity contribution in [1.29, 1.82) is 0 Å². The number of cyclic esters (lactones) is 1. The molecule has 0 radical (unpaired) electrons. The lowest BCUT2D eigenvalue weighted by Gasteiger charge is -2.33. The van der Waals surface area contributed by atoms with Crippen LogP contribution in [-0.4, -0.2) is 105 Å². The zero-order valence-corrected chi connectivity index (χ0v) is 26.9. The van der Waals surface area contributed by atoms with E-state index in [1.165, 1.54) is 12.1 Å².